The Kier molecular flexibility index (Phi) is 4.66. The van der Waals surface area contributed by atoms with Crippen molar-refractivity contribution in [1.29, 1.82) is 0 Å². The van der Waals surface area contributed by atoms with Gasteiger partial charge in [0.1, 0.15) is 12.2 Å². The van der Waals surface area contributed by atoms with E-state index in [4.69, 9.17) is 18.9 Å². The molecule has 2 unspecified atom stereocenters. The second-order valence-electron chi connectivity index (χ2n) is 3.14. The second kappa shape index (κ2) is 5.54. The lowest BCUT2D eigenvalue weighted by Gasteiger charge is -2.19. The normalized spacial score (nSPS) is 33.9. The number of hydrogen-bond donors (Lipinski definition) is 0. The molecule has 1 heterocycles. The van der Waals surface area contributed by atoms with E-state index in [2.05, 4.69) is 0 Å². The van der Waals surface area contributed by atoms with Gasteiger partial charge in [0, 0.05) is 14.2 Å². The molecule has 1 aliphatic rings. The Morgan fingerprint density at radius 1 is 1.31 bits per heavy atom. The average Bonchev–Trinajstić information content (AvgIpc) is 2.48. The van der Waals surface area contributed by atoms with Crippen LogP contribution in [0.1, 0.15) is 6.92 Å². The van der Waals surface area contributed by atoms with Crippen LogP contribution in [0, 0.1) is 0 Å². The molecule has 3 atom stereocenters. The van der Waals surface area contributed by atoms with Crippen molar-refractivity contribution in [3.63, 3.8) is 0 Å². The molecule has 0 aromatic carbocycles. The first-order valence-corrected chi connectivity index (χ1v) is 4.54. The summed E-state index contributed by atoms with van der Waals surface area (Å²) >= 11 is 0. The predicted octanol–water partition coefficient (Wildman–Crippen LogP) is 0.452. The minimum atomic E-state index is 0.0418. The summed E-state index contributed by atoms with van der Waals surface area (Å²) in [6, 6.07) is 0. The Hall–Kier alpha value is -0.160. The van der Waals surface area contributed by atoms with E-state index in [0.717, 1.165) is 0 Å². The van der Waals surface area contributed by atoms with Crippen LogP contribution in [-0.4, -0.2) is 52.4 Å². The maximum atomic E-state index is 5.58. The van der Waals surface area contributed by atoms with Gasteiger partial charge >= 0.3 is 0 Å². The third kappa shape index (κ3) is 2.91. The maximum absolute atomic E-state index is 5.58. The molecule has 1 saturated heterocycles. The minimum Gasteiger partial charge on any atom is -0.382 e. The minimum absolute atomic E-state index is 0.0418. The Labute approximate surface area is 79.1 Å². The quantitative estimate of drug-likeness (QED) is 0.590. The molecule has 0 amide bonds. The van der Waals surface area contributed by atoms with Crippen molar-refractivity contribution in [1.82, 2.24) is 0 Å². The van der Waals surface area contributed by atoms with Crippen LogP contribution < -0.4 is 0 Å². The summed E-state index contributed by atoms with van der Waals surface area (Å²) in [6.45, 7) is 3.82. The molecule has 0 radical (unpaired) electrons. The van der Waals surface area contributed by atoms with E-state index in [0.29, 0.717) is 19.8 Å². The second-order valence-corrected chi connectivity index (χ2v) is 3.14. The molecule has 0 aromatic rings. The molecule has 0 N–H and O–H groups in total. The zero-order valence-corrected chi connectivity index (χ0v) is 8.49. The first kappa shape index (κ1) is 10.9. The molecule has 0 saturated carbocycles. The van der Waals surface area contributed by atoms with Gasteiger partial charge in [-0.3, -0.25) is 0 Å². The molecule has 0 aromatic heterocycles. The zero-order valence-electron chi connectivity index (χ0n) is 8.49. The molecule has 78 valence electrons. The number of ether oxygens (including phenoxy) is 4. The van der Waals surface area contributed by atoms with Crippen LogP contribution >= 0.6 is 0 Å². The average molecular weight is 190 g/mol. The Balaban J connectivity index is 2.27. The molecule has 0 spiro atoms. The van der Waals surface area contributed by atoms with Crippen molar-refractivity contribution < 1.29 is 18.9 Å². The number of hydrogen-bond acceptors (Lipinski definition) is 4. The van der Waals surface area contributed by atoms with Crippen LogP contribution in [0.15, 0.2) is 0 Å². The molecular formula is C9H18O4. The molecule has 1 fully saturated rings. The van der Waals surface area contributed by atoms with Gasteiger partial charge in [-0.1, -0.05) is 0 Å². The topological polar surface area (TPSA) is 36.9 Å². The first-order valence-electron chi connectivity index (χ1n) is 4.54. The van der Waals surface area contributed by atoms with E-state index in [1.807, 2.05) is 6.92 Å². The third-order valence-electron chi connectivity index (χ3n) is 2.25. The van der Waals surface area contributed by atoms with Gasteiger partial charge in [-0.05, 0) is 6.92 Å². The maximum Gasteiger partial charge on any atom is 0.112 e. The van der Waals surface area contributed by atoms with Crippen LogP contribution in [0.25, 0.3) is 0 Å². The molecule has 13 heavy (non-hydrogen) atoms. The van der Waals surface area contributed by atoms with Gasteiger partial charge in [-0.2, -0.15) is 0 Å². The molecule has 1 rings (SSSR count). The fraction of sp³-hybridized carbons (Fsp3) is 1.00. The van der Waals surface area contributed by atoms with Crippen LogP contribution in [-0.2, 0) is 18.9 Å². The highest BCUT2D eigenvalue weighted by atomic mass is 16.6. The molecule has 4 nitrogen and oxygen atoms in total. The van der Waals surface area contributed by atoms with Gasteiger partial charge in [0.25, 0.3) is 0 Å². The lowest BCUT2D eigenvalue weighted by molar-refractivity contribution is -0.0578. The summed E-state index contributed by atoms with van der Waals surface area (Å²) in [5.74, 6) is 0. The van der Waals surface area contributed by atoms with E-state index in [9.17, 15) is 0 Å². The van der Waals surface area contributed by atoms with Crippen molar-refractivity contribution in [3.8, 4) is 0 Å². The van der Waals surface area contributed by atoms with Gasteiger partial charge < -0.3 is 18.9 Å². The van der Waals surface area contributed by atoms with Crippen molar-refractivity contribution in [2.45, 2.75) is 25.2 Å². The largest absolute Gasteiger partial charge is 0.382 e. The smallest absolute Gasteiger partial charge is 0.112 e. The van der Waals surface area contributed by atoms with E-state index < -0.39 is 0 Å². The summed E-state index contributed by atoms with van der Waals surface area (Å²) in [6.07, 6.45) is 0.216. The monoisotopic (exact) mass is 190 g/mol. The van der Waals surface area contributed by atoms with Crippen molar-refractivity contribution in [2.75, 3.05) is 34.0 Å². The van der Waals surface area contributed by atoms with Gasteiger partial charge in [-0.25, -0.2) is 0 Å². The summed E-state index contributed by atoms with van der Waals surface area (Å²) < 4.78 is 21.1. The standard InChI is InChI=1S/C9H18O4/c1-7-9(12-5-4-10-2)8(11-3)6-13-7/h7-9H,4-6H2,1-3H3/t7?,8-,9?/m1/s1. The lowest BCUT2D eigenvalue weighted by Crippen LogP contribution is -2.33. The van der Waals surface area contributed by atoms with Crippen molar-refractivity contribution >= 4 is 0 Å². The molecule has 0 aliphatic carbocycles. The van der Waals surface area contributed by atoms with Crippen LogP contribution in [0.4, 0.5) is 0 Å². The van der Waals surface area contributed by atoms with E-state index in [-0.39, 0.29) is 18.3 Å². The number of methoxy groups -OCH3 is 2. The molecular weight excluding hydrogens is 172 g/mol. The fourth-order valence-electron chi connectivity index (χ4n) is 1.45. The Morgan fingerprint density at radius 2 is 2.08 bits per heavy atom. The Bertz CT molecular complexity index is 140. The molecule has 4 heteroatoms. The zero-order chi connectivity index (χ0) is 9.68. The van der Waals surface area contributed by atoms with E-state index in [1.54, 1.807) is 14.2 Å². The van der Waals surface area contributed by atoms with Crippen LogP contribution in [0.5, 0.6) is 0 Å². The van der Waals surface area contributed by atoms with Crippen molar-refractivity contribution in [3.05, 3.63) is 0 Å². The molecule has 1 aliphatic heterocycles. The van der Waals surface area contributed by atoms with E-state index >= 15 is 0 Å². The summed E-state index contributed by atoms with van der Waals surface area (Å²) in [7, 11) is 3.34. The number of rotatable bonds is 5. The van der Waals surface area contributed by atoms with Crippen molar-refractivity contribution in [2.24, 2.45) is 0 Å². The highest BCUT2D eigenvalue weighted by Gasteiger charge is 2.35. The van der Waals surface area contributed by atoms with Gasteiger partial charge in [-0.15, -0.1) is 0 Å². The Morgan fingerprint density at radius 3 is 2.69 bits per heavy atom. The SMILES string of the molecule is COCCOC1C(C)OC[C@H]1OC. The van der Waals surface area contributed by atoms with Crippen LogP contribution in [0.2, 0.25) is 0 Å². The fourth-order valence-corrected chi connectivity index (χ4v) is 1.45. The highest BCUT2D eigenvalue weighted by molar-refractivity contribution is 4.82. The lowest BCUT2D eigenvalue weighted by atomic mass is 10.2. The van der Waals surface area contributed by atoms with Gasteiger partial charge in [0.2, 0.25) is 0 Å². The van der Waals surface area contributed by atoms with Crippen LogP contribution in [0.3, 0.4) is 0 Å². The summed E-state index contributed by atoms with van der Waals surface area (Å²) in [5.41, 5.74) is 0. The highest BCUT2D eigenvalue weighted by Crippen LogP contribution is 2.19. The van der Waals surface area contributed by atoms with E-state index in [1.165, 1.54) is 0 Å². The summed E-state index contributed by atoms with van der Waals surface area (Å²) in [5, 5.41) is 0. The van der Waals surface area contributed by atoms with Gasteiger partial charge in [0.05, 0.1) is 25.9 Å². The summed E-state index contributed by atoms with van der Waals surface area (Å²) in [4.78, 5) is 0. The van der Waals surface area contributed by atoms with Gasteiger partial charge in [0.15, 0.2) is 0 Å². The third-order valence-corrected chi connectivity index (χ3v) is 2.25. The predicted molar refractivity (Wildman–Crippen MR) is 47.8 cm³/mol. The first-order chi connectivity index (χ1) is 6.29. The molecule has 0 bridgehead atoms.